The maximum atomic E-state index is 11.8. The first-order chi connectivity index (χ1) is 8.16. The third-order valence-corrected chi connectivity index (χ3v) is 2.68. The van der Waals surface area contributed by atoms with Gasteiger partial charge >= 0.3 is 0 Å². The summed E-state index contributed by atoms with van der Waals surface area (Å²) in [6.07, 6.45) is 1.55. The molecule has 2 aromatic heterocycles. The van der Waals surface area contributed by atoms with E-state index in [1.807, 2.05) is 0 Å². The average Bonchev–Trinajstić information content (AvgIpc) is 2.32. The number of hydrogen-bond acceptors (Lipinski definition) is 3. The minimum Gasteiger partial charge on any atom is -0.304 e. The molecule has 0 radical (unpaired) electrons. The van der Waals surface area contributed by atoms with Crippen molar-refractivity contribution in [3.05, 3.63) is 51.8 Å². The van der Waals surface area contributed by atoms with Crippen molar-refractivity contribution in [1.29, 1.82) is 0 Å². The first kappa shape index (κ1) is 12.0. The number of amides is 1. The zero-order chi connectivity index (χ0) is 12.3. The minimum atomic E-state index is -0.355. The highest BCUT2D eigenvalue weighted by molar-refractivity contribution is 9.10. The molecule has 1 amide bonds. The molecular weight excluding hydrogens is 305 g/mol. The van der Waals surface area contributed by atoms with Crippen LogP contribution < -0.4 is 5.32 Å². The van der Waals surface area contributed by atoms with E-state index in [4.69, 9.17) is 11.6 Å². The van der Waals surface area contributed by atoms with Gasteiger partial charge in [0.05, 0.1) is 5.02 Å². The number of hydrogen-bond donors (Lipinski definition) is 1. The van der Waals surface area contributed by atoms with Crippen molar-refractivity contribution >= 4 is 39.3 Å². The van der Waals surface area contributed by atoms with Gasteiger partial charge in [-0.2, -0.15) is 0 Å². The third kappa shape index (κ3) is 3.01. The Balaban J connectivity index is 2.20. The van der Waals surface area contributed by atoms with Crippen LogP contribution in [0.3, 0.4) is 0 Å². The predicted molar refractivity (Wildman–Crippen MR) is 69.1 cm³/mol. The van der Waals surface area contributed by atoms with Gasteiger partial charge in [0.1, 0.15) is 10.3 Å². The van der Waals surface area contributed by atoms with E-state index in [1.54, 1.807) is 36.5 Å². The zero-order valence-corrected chi connectivity index (χ0v) is 10.9. The summed E-state index contributed by atoms with van der Waals surface area (Å²) in [4.78, 5) is 19.8. The molecule has 2 aromatic rings. The lowest BCUT2D eigenvalue weighted by Gasteiger charge is -2.05. The van der Waals surface area contributed by atoms with Crippen molar-refractivity contribution in [3.63, 3.8) is 0 Å². The van der Waals surface area contributed by atoms with Crippen molar-refractivity contribution in [2.45, 2.75) is 0 Å². The lowest BCUT2D eigenvalue weighted by atomic mass is 10.3. The van der Waals surface area contributed by atoms with Gasteiger partial charge in [0.25, 0.3) is 5.91 Å². The van der Waals surface area contributed by atoms with Crippen molar-refractivity contribution in [3.8, 4) is 0 Å². The molecule has 0 bridgehead atoms. The van der Waals surface area contributed by atoms with Gasteiger partial charge in [-0.3, -0.25) is 4.79 Å². The van der Waals surface area contributed by atoms with Crippen LogP contribution in [0.15, 0.2) is 41.1 Å². The van der Waals surface area contributed by atoms with E-state index in [2.05, 4.69) is 31.2 Å². The van der Waals surface area contributed by atoms with Crippen molar-refractivity contribution in [2.24, 2.45) is 0 Å². The molecule has 0 aromatic carbocycles. The van der Waals surface area contributed by atoms with Gasteiger partial charge in [-0.05, 0) is 40.2 Å². The van der Waals surface area contributed by atoms with Crippen LogP contribution in [0.4, 0.5) is 5.82 Å². The molecule has 2 rings (SSSR count). The van der Waals surface area contributed by atoms with Crippen molar-refractivity contribution in [1.82, 2.24) is 9.97 Å². The fourth-order valence-corrected chi connectivity index (χ4v) is 1.70. The molecule has 0 saturated carbocycles. The Bertz CT molecular complexity index is 562. The van der Waals surface area contributed by atoms with E-state index < -0.39 is 0 Å². The second-order valence-corrected chi connectivity index (χ2v) is 4.35. The van der Waals surface area contributed by atoms with E-state index >= 15 is 0 Å². The van der Waals surface area contributed by atoms with Gasteiger partial charge in [0.15, 0.2) is 5.82 Å². The maximum absolute atomic E-state index is 11.8. The molecule has 0 unspecified atom stereocenters. The summed E-state index contributed by atoms with van der Waals surface area (Å²) in [5, 5.41) is 2.97. The highest BCUT2D eigenvalue weighted by Crippen LogP contribution is 2.18. The van der Waals surface area contributed by atoms with E-state index in [1.165, 1.54) is 0 Å². The molecule has 1 N–H and O–H groups in total. The van der Waals surface area contributed by atoms with Crippen LogP contribution in [0, 0.1) is 0 Å². The predicted octanol–water partition coefficient (Wildman–Crippen LogP) is 3.14. The molecule has 4 nitrogen and oxygen atoms in total. The summed E-state index contributed by atoms with van der Waals surface area (Å²) >= 11 is 9.08. The van der Waals surface area contributed by atoms with Crippen LogP contribution in [0.1, 0.15) is 10.5 Å². The molecule has 86 valence electrons. The molecule has 0 fully saturated rings. The third-order valence-electron chi connectivity index (χ3n) is 1.94. The molecule has 0 saturated heterocycles. The van der Waals surface area contributed by atoms with Crippen molar-refractivity contribution in [2.75, 3.05) is 5.32 Å². The second kappa shape index (κ2) is 5.25. The Morgan fingerprint density at radius 3 is 2.82 bits per heavy atom. The van der Waals surface area contributed by atoms with Crippen LogP contribution in [0.25, 0.3) is 0 Å². The van der Waals surface area contributed by atoms with Crippen molar-refractivity contribution < 1.29 is 4.79 Å². The van der Waals surface area contributed by atoms with Gasteiger partial charge in [0.2, 0.25) is 0 Å². The van der Waals surface area contributed by atoms with Gasteiger partial charge < -0.3 is 5.32 Å². The summed E-state index contributed by atoms with van der Waals surface area (Å²) in [5.74, 6) is -0.0344. The summed E-state index contributed by atoms with van der Waals surface area (Å²) in [7, 11) is 0. The van der Waals surface area contributed by atoms with Crippen LogP contribution in [-0.4, -0.2) is 15.9 Å². The summed E-state index contributed by atoms with van der Waals surface area (Å²) < 4.78 is 0.595. The summed E-state index contributed by atoms with van der Waals surface area (Å²) in [5.41, 5.74) is 0.293. The topological polar surface area (TPSA) is 54.9 Å². The number of halogens is 2. The number of nitrogens with zero attached hydrogens (tertiary/aromatic N) is 2. The molecule has 0 aliphatic carbocycles. The number of aromatic nitrogens is 2. The number of carbonyl (C=O) groups is 1. The smallest absolute Gasteiger partial charge is 0.275 e. The van der Waals surface area contributed by atoms with Crippen LogP contribution in [0.2, 0.25) is 5.02 Å². The monoisotopic (exact) mass is 311 g/mol. The number of carbonyl (C=O) groups excluding carboxylic acids is 1. The Hall–Kier alpha value is -1.46. The lowest BCUT2D eigenvalue weighted by Crippen LogP contribution is -2.14. The summed E-state index contributed by atoms with van der Waals surface area (Å²) in [6.45, 7) is 0. The quantitative estimate of drug-likeness (QED) is 0.867. The first-order valence-electron chi connectivity index (χ1n) is 4.71. The first-order valence-corrected chi connectivity index (χ1v) is 5.88. The number of anilines is 1. The van der Waals surface area contributed by atoms with E-state index in [0.29, 0.717) is 21.1 Å². The van der Waals surface area contributed by atoms with Gasteiger partial charge in [-0.1, -0.05) is 17.7 Å². The second-order valence-electron chi connectivity index (χ2n) is 3.13. The van der Waals surface area contributed by atoms with Crippen LogP contribution in [0.5, 0.6) is 0 Å². The minimum absolute atomic E-state index is 0.293. The Labute approximate surface area is 111 Å². The summed E-state index contributed by atoms with van der Waals surface area (Å²) in [6, 6.07) is 8.42. The molecule has 0 spiro atoms. The molecule has 6 heteroatoms. The van der Waals surface area contributed by atoms with Gasteiger partial charge in [-0.15, -0.1) is 0 Å². The lowest BCUT2D eigenvalue weighted by molar-refractivity contribution is 0.102. The Morgan fingerprint density at radius 1 is 1.29 bits per heavy atom. The maximum Gasteiger partial charge on any atom is 0.275 e. The molecule has 0 aliphatic rings. The van der Waals surface area contributed by atoms with Crippen LogP contribution >= 0.6 is 27.5 Å². The zero-order valence-electron chi connectivity index (χ0n) is 8.52. The molecular formula is C11H7BrClN3O. The largest absolute Gasteiger partial charge is 0.304 e. The Morgan fingerprint density at radius 2 is 2.12 bits per heavy atom. The number of nitrogens with one attached hydrogen (secondary N) is 1. The van der Waals surface area contributed by atoms with E-state index in [-0.39, 0.29) is 5.91 Å². The average molecular weight is 313 g/mol. The number of pyridine rings is 2. The fourth-order valence-electron chi connectivity index (χ4n) is 1.18. The highest BCUT2D eigenvalue weighted by atomic mass is 79.9. The molecule has 17 heavy (non-hydrogen) atoms. The molecule has 2 heterocycles. The fraction of sp³-hybridized carbons (Fsp3) is 0. The highest BCUT2D eigenvalue weighted by Gasteiger charge is 2.10. The van der Waals surface area contributed by atoms with Crippen LogP contribution in [-0.2, 0) is 0 Å². The molecule has 0 atom stereocenters. The Kier molecular flexibility index (Phi) is 3.71. The molecule has 0 aliphatic heterocycles. The number of rotatable bonds is 2. The normalized spacial score (nSPS) is 10.0. The van der Waals surface area contributed by atoms with E-state index in [9.17, 15) is 4.79 Å². The van der Waals surface area contributed by atoms with Gasteiger partial charge in [0, 0.05) is 6.20 Å². The SMILES string of the molecule is O=C(Nc1ncccc1Cl)c1cccc(Br)n1. The van der Waals surface area contributed by atoms with E-state index in [0.717, 1.165) is 0 Å². The van der Waals surface area contributed by atoms with Gasteiger partial charge in [-0.25, -0.2) is 9.97 Å². The standard InChI is InChI=1S/C11H7BrClN3O/c12-9-5-1-4-8(15-9)11(17)16-10-7(13)3-2-6-14-10/h1-6H,(H,14,16,17).